The van der Waals surface area contributed by atoms with Crippen LogP contribution in [0.3, 0.4) is 0 Å². The van der Waals surface area contributed by atoms with Crippen LogP contribution in [0, 0.1) is 11.3 Å². The smallest absolute Gasteiger partial charge is 0.255 e. The standard InChI is InChI=1S/C23H37NO2/c1-5-6-7-10-17-26-21-12-9-8-11-20(21)22(25)24-19-15-13-18(14-16-19)23(2,3)4/h8-9,11-12,18-19H,5-7,10,13-17H2,1-4H3,(H,24,25). The summed E-state index contributed by atoms with van der Waals surface area (Å²) < 4.78 is 5.89. The van der Waals surface area contributed by atoms with Crippen molar-refractivity contribution in [2.45, 2.75) is 85.1 Å². The number of hydrogen-bond acceptors (Lipinski definition) is 2. The van der Waals surface area contributed by atoms with Crippen molar-refractivity contribution in [3.8, 4) is 5.75 Å². The molecule has 1 saturated carbocycles. The fraction of sp³-hybridized carbons (Fsp3) is 0.696. The van der Waals surface area contributed by atoms with Crippen molar-refractivity contribution in [1.82, 2.24) is 5.32 Å². The van der Waals surface area contributed by atoms with Crippen molar-refractivity contribution in [2.24, 2.45) is 11.3 Å². The lowest BCUT2D eigenvalue weighted by atomic mass is 9.71. The van der Waals surface area contributed by atoms with Crippen LogP contribution in [0.15, 0.2) is 24.3 Å². The molecule has 0 saturated heterocycles. The fourth-order valence-corrected chi connectivity index (χ4v) is 3.86. The molecule has 0 radical (unpaired) electrons. The molecule has 1 N–H and O–H groups in total. The highest BCUT2D eigenvalue weighted by atomic mass is 16.5. The van der Waals surface area contributed by atoms with Crippen LogP contribution in [0.25, 0.3) is 0 Å². The summed E-state index contributed by atoms with van der Waals surface area (Å²) in [6, 6.07) is 7.92. The molecule has 146 valence electrons. The first-order valence-corrected chi connectivity index (χ1v) is 10.4. The molecule has 0 aromatic heterocycles. The Morgan fingerprint density at radius 2 is 1.77 bits per heavy atom. The number of carbonyl (C=O) groups excluding carboxylic acids is 1. The van der Waals surface area contributed by atoms with E-state index in [9.17, 15) is 4.79 Å². The van der Waals surface area contributed by atoms with Crippen molar-refractivity contribution in [2.75, 3.05) is 6.61 Å². The maximum atomic E-state index is 12.8. The van der Waals surface area contributed by atoms with Crippen molar-refractivity contribution in [1.29, 1.82) is 0 Å². The van der Waals surface area contributed by atoms with Crippen LogP contribution >= 0.6 is 0 Å². The maximum absolute atomic E-state index is 12.8. The van der Waals surface area contributed by atoms with E-state index in [2.05, 4.69) is 33.0 Å². The van der Waals surface area contributed by atoms with Gasteiger partial charge in [-0.05, 0) is 55.6 Å². The average Bonchev–Trinajstić information content (AvgIpc) is 2.61. The van der Waals surface area contributed by atoms with Gasteiger partial charge in [-0.1, -0.05) is 59.1 Å². The molecule has 1 aromatic rings. The minimum Gasteiger partial charge on any atom is -0.493 e. The summed E-state index contributed by atoms with van der Waals surface area (Å²) in [4.78, 5) is 12.8. The molecule has 26 heavy (non-hydrogen) atoms. The first kappa shape index (κ1) is 20.8. The van der Waals surface area contributed by atoms with Gasteiger partial charge in [-0.15, -0.1) is 0 Å². The zero-order valence-corrected chi connectivity index (χ0v) is 17.1. The van der Waals surface area contributed by atoms with Crippen molar-refractivity contribution in [3.05, 3.63) is 29.8 Å². The first-order chi connectivity index (χ1) is 12.4. The predicted octanol–water partition coefficient (Wildman–Crippen LogP) is 5.98. The van der Waals surface area contributed by atoms with Gasteiger partial charge in [-0.3, -0.25) is 4.79 Å². The van der Waals surface area contributed by atoms with Gasteiger partial charge in [-0.25, -0.2) is 0 Å². The van der Waals surface area contributed by atoms with E-state index >= 15 is 0 Å². The monoisotopic (exact) mass is 359 g/mol. The van der Waals surface area contributed by atoms with Gasteiger partial charge in [0, 0.05) is 6.04 Å². The molecule has 1 aliphatic rings. The van der Waals surface area contributed by atoms with Gasteiger partial charge in [0.15, 0.2) is 0 Å². The molecule has 3 heteroatoms. The van der Waals surface area contributed by atoms with Crippen LogP contribution in [0.5, 0.6) is 5.75 Å². The molecular weight excluding hydrogens is 322 g/mol. The minimum absolute atomic E-state index is 0.00775. The number of amides is 1. The van der Waals surface area contributed by atoms with E-state index in [-0.39, 0.29) is 5.91 Å². The topological polar surface area (TPSA) is 38.3 Å². The predicted molar refractivity (Wildman–Crippen MR) is 109 cm³/mol. The average molecular weight is 360 g/mol. The lowest BCUT2D eigenvalue weighted by Crippen LogP contribution is -2.39. The van der Waals surface area contributed by atoms with E-state index in [1.165, 1.54) is 32.1 Å². The van der Waals surface area contributed by atoms with Gasteiger partial charge >= 0.3 is 0 Å². The first-order valence-electron chi connectivity index (χ1n) is 10.4. The number of nitrogens with one attached hydrogen (secondary N) is 1. The van der Waals surface area contributed by atoms with E-state index in [0.717, 1.165) is 25.2 Å². The van der Waals surface area contributed by atoms with Gasteiger partial charge in [-0.2, -0.15) is 0 Å². The van der Waals surface area contributed by atoms with E-state index in [4.69, 9.17) is 4.74 Å². The molecule has 0 atom stereocenters. The second kappa shape index (κ2) is 9.99. The molecule has 2 rings (SSSR count). The van der Waals surface area contributed by atoms with Crippen LogP contribution in [0.2, 0.25) is 0 Å². The van der Waals surface area contributed by atoms with Crippen molar-refractivity contribution in [3.63, 3.8) is 0 Å². The normalized spacial score (nSPS) is 20.6. The molecule has 1 fully saturated rings. The van der Waals surface area contributed by atoms with Gasteiger partial charge in [0.2, 0.25) is 0 Å². The quantitative estimate of drug-likeness (QED) is 0.580. The highest BCUT2D eigenvalue weighted by Crippen LogP contribution is 2.37. The van der Waals surface area contributed by atoms with E-state index in [1.54, 1.807) is 0 Å². The van der Waals surface area contributed by atoms with Crippen LogP contribution in [0.1, 0.15) is 89.4 Å². The Morgan fingerprint density at radius 3 is 2.42 bits per heavy atom. The Balaban J connectivity index is 1.86. The van der Waals surface area contributed by atoms with E-state index in [0.29, 0.717) is 29.4 Å². The number of ether oxygens (including phenoxy) is 1. The lowest BCUT2D eigenvalue weighted by Gasteiger charge is -2.37. The summed E-state index contributed by atoms with van der Waals surface area (Å²) in [6.45, 7) is 9.86. The molecule has 0 aliphatic heterocycles. The maximum Gasteiger partial charge on any atom is 0.255 e. The summed E-state index contributed by atoms with van der Waals surface area (Å²) in [7, 11) is 0. The van der Waals surface area contributed by atoms with Gasteiger partial charge in [0.25, 0.3) is 5.91 Å². The van der Waals surface area contributed by atoms with Gasteiger partial charge < -0.3 is 10.1 Å². The van der Waals surface area contributed by atoms with Crippen molar-refractivity contribution < 1.29 is 9.53 Å². The molecular formula is C23H37NO2. The third-order valence-electron chi connectivity index (χ3n) is 5.67. The van der Waals surface area contributed by atoms with Crippen LogP contribution in [0.4, 0.5) is 0 Å². The Bertz CT molecular complexity index is 554. The molecule has 1 aromatic carbocycles. The summed E-state index contributed by atoms with van der Waals surface area (Å²) >= 11 is 0. The number of para-hydroxylation sites is 1. The molecule has 1 aliphatic carbocycles. The summed E-state index contributed by atoms with van der Waals surface area (Å²) in [5.74, 6) is 1.48. The second-order valence-corrected chi connectivity index (χ2v) is 8.79. The third kappa shape index (κ3) is 6.34. The molecule has 0 bridgehead atoms. The van der Waals surface area contributed by atoms with E-state index < -0.39 is 0 Å². The Labute approximate surface area is 159 Å². The van der Waals surface area contributed by atoms with Gasteiger partial charge in [0.05, 0.1) is 12.2 Å². The second-order valence-electron chi connectivity index (χ2n) is 8.79. The Kier molecular flexibility index (Phi) is 7.99. The number of rotatable bonds is 8. The van der Waals surface area contributed by atoms with Crippen LogP contribution < -0.4 is 10.1 Å². The lowest BCUT2D eigenvalue weighted by molar-refractivity contribution is 0.0900. The van der Waals surface area contributed by atoms with Gasteiger partial charge in [0.1, 0.15) is 5.75 Å². The Hall–Kier alpha value is -1.51. The number of hydrogen-bond donors (Lipinski definition) is 1. The molecule has 1 amide bonds. The van der Waals surface area contributed by atoms with E-state index in [1.807, 2.05) is 24.3 Å². The molecule has 3 nitrogen and oxygen atoms in total. The van der Waals surface area contributed by atoms with Crippen LogP contribution in [-0.4, -0.2) is 18.6 Å². The fourth-order valence-electron chi connectivity index (χ4n) is 3.86. The molecule has 0 spiro atoms. The summed E-state index contributed by atoms with van der Waals surface area (Å²) in [6.07, 6.45) is 9.23. The highest BCUT2D eigenvalue weighted by Gasteiger charge is 2.30. The SMILES string of the molecule is CCCCCCOc1ccccc1C(=O)NC1CCC(C(C)(C)C)CC1. The minimum atomic E-state index is 0.00775. The summed E-state index contributed by atoms with van der Waals surface area (Å²) in [5.41, 5.74) is 1.04. The molecule has 0 heterocycles. The largest absolute Gasteiger partial charge is 0.493 e. The number of carbonyl (C=O) groups is 1. The number of unbranched alkanes of at least 4 members (excludes halogenated alkanes) is 3. The molecule has 0 unspecified atom stereocenters. The van der Waals surface area contributed by atoms with Crippen LogP contribution in [-0.2, 0) is 0 Å². The zero-order chi connectivity index (χ0) is 19.0. The zero-order valence-electron chi connectivity index (χ0n) is 17.1. The summed E-state index contributed by atoms with van der Waals surface area (Å²) in [5, 5.41) is 3.24. The number of benzene rings is 1. The Morgan fingerprint density at radius 1 is 1.08 bits per heavy atom. The third-order valence-corrected chi connectivity index (χ3v) is 5.67. The van der Waals surface area contributed by atoms with Crippen molar-refractivity contribution >= 4 is 5.91 Å². The highest BCUT2D eigenvalue weighted by molar-refractivity contribution is 5.97.